The van der Waals surface area contributed by atoms with Crippen LogP contribution in [0.15, 0.2) is 42.6 Å². The highest BCUT2D eigenvalue weighted by atomic mass is 16.5. The molecule has 4 heterocycles. The maximum Gasteiger partial charge on any atom is 0.259 e. The van der Waals surface area contributed by atoms with Crippen LogP contribution in [0.4, 0.5) is 11.5 Å². The molecule has 0 bridgehead atoms. The summed E-state index contributed by atoms with van der Waals surface area (Å²) in [6.45, 7) is 7.80. The number of carbonyl (C=O) groups is 1. The van der Waals surface area contributed by atoms with E-state index in [9.17, 15) is 4.79 Å². The van der Waals surface area contributed by atoms with E-state index in [-0.39, 0.29) is 5.91 Å². The van der Waals surface area contributed by atoms with Gasteiger partial charge in [-0.3, -0.25) is 9.69 Å². The van der Waals surface area contributed by atoms with Crippen LogP contribution >= 0.6 is 0 Å². The molecule has 1 atom stereocenters. The normalized spacial score (nSPS) is 22.1. The molecule has 2 aromatic rings. The fourth-order valence-electron chi connectivity index (χ4n) is 4.66. The number of anilines is 2. The zero-order chi connectivity index (χ0) is 19.6. The maximum atomic E-state index is 13.0. The molecule has 1 aromatic carbocycles. The van der Waals surface area contributed by atoms with Crippen LogP contribution in [-0.2, 0) is 11.2 Å². The fourth-order valence-corrected chi connectivity index (χ4v) is 4.66. The average Bonchev–Trinajstić information content (AvgIpc) is 3.44. The van der Waals surface area contributed by atoms with Gasteiger partial charge in [0, 0.05) is 57.8 Å². The lowest BCUT2D eigenvalue weighted by molar-refractivity contribution is 0.0989. The zero-order valence-corrected chi connectivity index (χ0v) is 16.8. The summed E-state index contributed by atoms with van der Waals surface area (Å²) < 4.78 is 5.50. The third-order valence-corrected chi connectivity index (χ3v) is 6.36. The molecule has 1 aromatic heterocycles. The molecule has 0 aliphatic carbocycles. The van der Waals surface area contributed by atoms with Crippen molar-refractivity contribution in [3.05, 3.63) is 53.7 Å². The monoisotopic (exact) mass is 392 g/mol. The van der Waals surface area contributed by atoms with Crippen molar-refractivity contribution >= 4 is 17.4 Å². The van der Waals surface area contributed by atoms with Crippen molar-refractivity contribution in [2.45, 2.75) is 12.8 Å². The number of hydrogen-bond donors (Lipinski definition) is 0. The molecule has 0 N–H and O–H groups in total. The predicted molar refractivity (Wildman–Crippen MR) is 114 cm³/mol. The number of rotatable bonds is 4. The van der Waals surface area contributed by atoms with Crippen LogP contribution in [0.1, 0.15) is 22.3 Å². The number of aromatic nitrogens is 1. The SMILES string of the molecule is O=C(c1ccc(N2CCN(CC3CCOC3)CC2)nc1)N1CCc2ccccc21. The Morgan fingerprint density at radius 1 is 1.07 bits per heavy atom. The standard InChI is InChI=1S/C23H28N4O2/c28-23(27-9-7-19-3-1-2-4-21(19)27)20-5-6-22(24-15-20)26-12-10-25(11-13-26)16-18-8-14-29-17-18/h1-6,15,18H,7-14,16-17H2. The van der Waals surface area contributed by atoms with Gasteiger partial charge in [-0.2, -0.15) is 0 Å². The minimum absolute atomic E-state index is 0.0394. The number of amides is 1. The molecule has 1 unspecified atom stereocenters. The van der Waals surface area contributed by atoms with Gasteiger partial charge in [0.1, 0.15) is 5.82 Å². The van der Waals surface area contributed by atoms with Crippen molar-refractivity contribution in [3.63, 3.8) is 0 Å². The summed E-state index contributed by atoms with van der Waals surface area (Å²) in [5.41, 5.74) is 2.93. The molecular formula is C23H28N4O2. The van der Waals surface area contributed by atoms with Crippen LogP contribution in [0.2, 0.25) is 0 Å². The first-order valence-corrected chi connectivity index (χ1v) is 10.7. The Morgan fingerprint density at radius 2 is 1.93 bits per heavy atom. The number of benzene rings is 1. The minimum Gasteiger partial charge on any atom is -0.381 e. The molecule has 3 aliphatic heterocycles. The second kappa shape index (κ2) is 8.13. The number of fused-ring (bicyclic) bond motifs is 1. The fraction of sp³-hybridized carbons (Fsp3) is 0.478. The van der Waals surface area contributed by atoms with E-state index in [1.54, 1.807) is 6.20 Å². The Labute approximate surface area is 172 Å². The quantitative estimate of drug-likeness (QED) is 0.800. The summed E-state index contributed by atoms with van der Waals surface area (Å²) in [4.78, 5) is 24.3. The maximum absolute atomic E-state index is 13.0. The molecule has 0 radical (unpaired) electrons. The second-order valence-corrected chi connectivity index (χ2v) is 8.26. The topological polar surface area (TPSA) is 48.9 Å². The molecule has 3 aliphatic rings. The number of carbonyl (C=O) groups excluding carboxylic acids is 1. The van der Waals surface area contributed by atoms with Crippen molar-refractivity contribution in [2.75, 3.05) is 62.3 Å². The predicted octanol–water partition coefficient (Wildman–Crippen LogP) is 2.44. The lowest BCUT2D eigenvalue weighted by Crippen LogP contribution is -2.48. The van der Waals surface area contributed by atoms with Gasteiger partial charge in [-0.1, -0.05) is 18.2 Å². The van der Waals surface area contributed by atoms with E-state index < -0.39 is 0 Å². The Balaban J connectivity index is 1.19. The Bertz CT molecular complexity index is 855. The van der Waals surface area contributed by atoms with Crippen LogP contribution in [0.5, 0.6) is 0 Å². The smallest absolute Gasteiger partial charge is 0.259 e. The number of ether oxygens (including phenoxy) is 1. The molecule has 6 heteroatoms. The highest BCUT2D eigenvalue weighted by molar-refractivity contribution is 6.07. The molecule has 2 fully saturated rings. The van der Waals surface area contributed by atoms with Gasteiger partial charge in [0.25, 0.3) is 5.91 Å². The van der Waals surface area contributed by atoms with Crippen LogP contribution < -0.4 is 9.80 Å². The summed E-state index contributed by atoms with van der Waals surface area (Å²) in [6, 6.07) is 12.1. The molecule has 6 nitrogen and oxygen atoms in total. The molecule has 1 amide bonds. The molecule has 5 rings (SSSR count). The van der Waals surface area contributed by atoms with Gasteiger partial charge in [-0.15, -0.1) is 0 Å². The van der Waals surface area contributed by atoms with Gasteiger partial charge in [-0.25, -0.2) is 4.98 Å². The Hall–Kier alpha value is -2.44. The summed E-state index contributed by atoms with van der Waals surface area (Å²) in [7, 11) is 0. The van der Waals surface area contributed by atoms with Gasteiger partial charge in [0.15, 0.2) is 0 Å². The van der Waals surface area contributed by atoms with Gasteiger partial charge in [-0.05, 0) is 42.5 Å². The van der Waals surface area contributed by atoms with Crippen molar-refractivity contribution < 1.29 is 9.53 Å². The number of para-hydroxylation sites is 1. The number of nitrogens with zero attached hydrogens (tertiary/aromatic N) is 4. The third-order valence-electron chi connectivity index (χ3n) is 6.36. The summed E-state index contributed by atoms with van der Waals surface area (Å²) in [6.07, 6.45) is 3.85. The second-order valence-electron chi connectivity index (χ2n) is 8.26. The van der Waals surface area contributed by atoms with Crippen molar-refractivity contribution in [1.82, 2.24) is 9.88 Å². The van der Waals surface area contributed by atoms with E-state index in [0.717, 1.165) is 70.4 Å². The first-order valence-electron chi connectivity index (χ1n) is 10.7. The molecule has 0 saturated carbocycles. The number of hydrogen-bond acceptors (Lipinski definition) is 5. The Kier molecular flexibility index (Phi) is 5.21. The highest BCUT2D eigenvalue weighted by Gasteiger charge is 2.26. The van der Waals surface area contributed by atoms with Gasteiger partial charge < -0.3 is 14.5 Å². The van der Waals surface area contributed by atoms with E-state index in [1.807, 2.05) is 35.2 Å². The molecule has 2 saturated heterocycles. The van der Waals surface area contributed by atoms with Crippen LogP contribution in [-0.4, -0.2) is 68.3 Å². The lowest BCUT2D eigenvalue weighted by Gasteiger charge is -2.36. The summed E-state index contributed by atoms with van der Waals surface area (Å²) >= 11 is 0. The van der Waals surface area contributed by atoms with E-state index in [0.29, 0.717) is 11.5 Å². The van der Waals surface area contributed by atoms with E-state index >= 15 is 0 Å². The summed E-state index contributed by atoms with van der Waals surface area (Å²) in [5.74, 6) is 1.70. The number of piperazine rings is 1. The van der Waals surface area contributed by atoms with Crippen molar-refractivity contribution in [1.29, 1.82) is 0 Å². The average molecular weight is 393 g/mol. The van der Waals surface area contributed by atoms with Crippen LogP contribution in [0.25, 0.3) is 0 Å². The lowest BCUT2D eigenvalue weighted by atomic mass is 10.1. The Morgan fingerprint density at radius 3 is 2.69 bits per heavy atom. The molecular weight excluding hydrogens is 364 g/mol. The van der Waals surface area contributed by atoms with Gasteiger partial charge in [0.05, 0.1) is 12.2 Å². The first-order chi connectivity index (χ1) is 14.3. The third kappa shape index (κ3) is 3.87. The molecule has 29 heavy (non-hydrogen) atoms. The van der Waals surface area contributed by atoms with Gasteiger partial charge >= 0.3 is 0 Å². The first kappa shape index (κ1) is 18.6. The van der Waals surface area contributed by atoms with Crippen LogP contribution in [0.3, 0.4) is 0 Å². The van der Waals surface area contributed by atoms with Crippen LogP contribution in [0, 0.1) is 5.92 Å². The van der Waals surface area contributed by atoms with Crippen molar-refractivity contribution in [2.24, 2.45) is 5.92 Å². The van der Waals surface area contributed by atoms with Gasteiger partial charge in [0.2, 0.25) is 0 Å². The molecule has 0 spiro atoms. The van der Waals surface area contributed by atoms with Crippen molar-refractivity contribution in [3.8, 4) is 0 Å². The molecule has 152 valence electrons. The largest absolute Gasteiger partial charge is 0.381 e. The zero-order valence-electron chi connectivity index (χ0n) is 16.8. The van der Waals surface area contributed by atoms with E-state index in [4.69, 9.17) is 4.74 Å². The number of pyridine rings is 1. The highest BCUT2D eigenvalue weighted by Crippen LogP contribution is 2.29. The minimum atomic E-state index is 0.0394. The van der Waals surface area contributed by atoms with E-state index in [2.05, 4.69) is 20.9 Å². The summed E-state index contributed by atoms with van der Waals surface area (Å²) in [5, 5.41) is 0. The van der Waals surface area contributed by atoms with E-state index in [1.165, 1.54) is 12.0 Å².